The van der Waals surface area contributed by atoms with Crippen LogP contribution in [0, 0.1) is 12.8 Å². The maximum absolute atomic E-state index is 11.7. The van der Waals surface area contributed by atoms with Gasteiger partial charge in [0.15, 0.2) is 0 Å². The Morgan fingerprint density at radius 1 is 1.32 bits per heavy atom. The summed E-state index contributed by atoms with van der Waals surface area (Å²) in [4.78, 5) is 11.7. The van der Waals surface area contributed by atoms with Gasteiger partial charge >= 0.3 is 0 Å². The first kappa shape index (κ1) is 15.4. The van der Waals surface area contributed by atoms with E-state index in [0.29, 0.717) is 5.92 Å². The molecule has 104 valence electrons. The van der Waals surface area contributed by atoms with E-state index in [2.05, 4.69) is 19.2 Å². The van der Waals surface area contributed by atoms with Gasteiger partial charge in [0.2, 0.25) is 5.91 Å². The maximum Gasteiger partial charge on any atom is 0.244 e. The summed E-state index contributed by atoms with van der Waals surface area (Å²) in [6, 6.07) is 7.78. The number of nitrogens with one attached hydrogen (secondary N) is 1. The fourth-order valence-electron chi connectivity index (χ4n) is 1.85. The van der Waals surface area contributed by atoms with Gasteiger partial charge in [-0.15, -0.1) is 0 Å². The van der Waals surface area contributed by atoms with Crippen molar-refractivity contribution in [1.82, 2.24) is 5.32 Å². The van der Waals surface area contributed by atoms with Crippen molar-refractivity contribution in [2.75, 3.05) is 6.61 Å². The fourth-order valence-corrected chi connectivity index (χ4v) is 1.85. The van der Waals surface area contributed by atoms with Gasteiger partial charge in [-0.1, -0.05) is 43.7 Å². The summed E-state index contributed by atoms with van der Waals surface area (Å²) in [5, 5.41) is 12.0. The molecule has 0 saturated heterocycles. The Morgan fingerprint density at radius 2 is 1.95 bits per heavy atom. The summed E-state index contributed by atoms with van der Waals surface area (Å²) in [5.41, 5.74) is 2.18. The van der Waals surface area contributed by atoms with Gasteiger partial charge in [-0.25, -0.2) is 0 Å². The second-order valence-electron chi connectivity index (χ2n) is 5.26. The topological polar surface area (TPSA) is 49.3 Å². The highest BCUT2D eigenvalue weighted by Crippen LogP contribution is 2.06. The first-order valence-corrected chi connectivity index (χ1v) is 6.67. The van der Waals surface area contributed by atoms with Crippen molar-refractivity contribution in [3.63, 3.8) is 0 Å². The third-order valence-corrected chi connectivity index (χ3v) is 2.83. The van der Waals surface area contributed by atoms with Crippen LogP contribution in [0.2, 0.25) is 0 Å². The molecule has 19 heavy (non-hydrogen) atoms. The summed E-state index contributed by atoms with van der Waals surface area (Å²) in [7, 11) is 0. The van der Waals surface area contributed by atoms with Crippen LogP contribution in [-0.4, -0.2) is 23.7 Å². The molecule has 3 heteroatoms. The second kappa shape index (κ2) is 7.74. The van der Waals surface area contributed by atoms with Crippen molar-refractivity contribution in [1.29, 1.82) is 0 Å². The molecular formula is C16H23NO2. The molecule has 1 amide bonds. The third-order valence-electron chi connectivity index (χ3n) is 2.83. The Kier molecular flexibility index (Phi) is 6.30. The molecule has 0 spiro atoms. The van der Waals surface area contributed by atoms with Crippen LogP contribution in [0.15, 0.2) is 30.3 Å². The summed E-state index contributed by atoms with van der Waals surface area (Å²) < 4.78 is 0. The van der Waals surface area contributed by atoms with Crippen LogP contribution in [-0.2, 0) is 4.79 Å². The zero-order valence-electron chi connectivity index (χ0n) is 11.9. The van der Waals surface area contributed by atoms with E-state index < -0.39 is 0 Å². The minimum Gasteiger partial charge on any atom is -0.394 e. The van der Waals surface area contributed by atoms with E-state index in [9.17, 15) is 9.90 Å². The number of rotatable bonds is 6. The van der Waals surface area contributed by atoms with Crippen molar-refractivity contribution in [2.24, 2.45) is 5.92 Å². The molecule has 0 aliphatic rings. The van der Waals surface area contributed by atoms with Crippen molar-refractivity contribution >= 4 is 12.0 Å². The van der Waals surface area contributed by atoms with Gasteiger partial charge < -0.3 is 10.4 Å². The number of amides is 1. The van der Waals surface area contributed by atoms with Crippen LogP contribution in [0.3, 0.4) is 0 Å². The molecular weight excluding hydrogens is 238 g/mol. The Labute approximate surface area is 115 Å². The van der Waals surface area contributed by atoms with E-state index in [4.69, 9.17) is 0 Å². The normalized spacial score (nSPS) is 12.9. The molecule has 0 saturated carbocycles. The lowest BCUT2D eigenvalue weighted by Crippen LogP contribution is -2.37. The molecule has 0 radical (unpaired) electrons. The van der Waals surface area contributed by atoms with Gasteiger partial charge in [0.05, 0.1) is 12.6 Å². The highest BCUT2D eigenvalue weighted by atomic mass is 16.3. The SMILES string of the molecule is Cc1ccc(/C=C/C(=O)NC(CO)CC(C)C)cc1. The van der Waals surface area contributed by atoms with Crippen molar-refractivity contribution in [3.05, 3.63) is 41.5 Å². The van der Waals surface area contributed by atoms with E-state index in [1.165, 1.54) is 11.6 Å². The largest absolute Gasteiger partial charge is 0.394 e. The number of aryl methyl sites for hydroxylation is 1. The summed E-state index contributed by atoms with van der Waals surface area (Å²) in [5.74, 6) is 0.277. The molecule has 0 aliphatic heterocycles. The van der Waals surface area contributed by atoms with Crippen LogP contribution in [0.25, 0.3) is 6.08 Å². The predicted molar refractivity (Wildman–Crippen MR) is 78.7 cm³/mol. The highest BCUT2D eigenvalue weighted by molar-refractivity contribution is 5.91. The molecule has 0 heterocycles. The van der Waals surface area contributed by atoms with E-state index >= 15 is 0 Å². The van der Waals surface area contributed by atoms with Crippen LogP contribution < -0.4 is 5.32 Å². The lowest BCUT2D eigenvalue weighted by atomic mass is 10.0. The summed E-state index contributed by atoms with van der Waals surface area (Å²) >= 11 is 0. The maximum atomic E-state index is 11.7. The average molecular weight is 261 g/mol. The smallest absolute Gasteiger partial charge is 0.244 e. The number of hydrogen-bond donors (Lipinski definition) is 2. The van der Waals surface area contributed by atoms with Crippen LogP contribution in [0.1, 0.15) is 31.4 Å². The molecule has 0 aromatic heterocycles. The van der Waals surface area contributed by atoms with Crippen molar-refractivity contribution < 1.29 is 9.90 Å². The van der Waals surface area contributed by atoms with Gasteiger partial charge in [0.1, 0.15) is 0 Å². The van der Waals surface area contributed by atoms with Crippen molar-refractivity contribution in [2.45, 2.75) is 33.2 Å². The van der Waals surface area contributed by atoms with Gasteiger partial charge in [0.25, 0.3) is 0 Å². The van der Waals surface area contributed by atoms with E-state index in [0.717, 1.165) is 12.0 Å². The number of aliphatic hydroxyl groups excluding tert-OH is 1. The Bertz CT molecular complexity index is 421. The van der Waals surface area contributed by atoms with Crippen LogP contribution in [0.4, 0.5) is 0 Å². The minimum atomic E-state index is -0.171. The molecule has 3 nitrogen and oxygen atoms in total. The molecule has 1 atom stereocenters. The molecule has 1 aromatic rings. The highest BCUT2D eigenvalue weighted by Gasteiger charge is 2.10. The molecule has 2 N–H and O–H groups in total. The molecule has 0 aliphatic carbocycles. The van der Waals surface area contributed by atoms with Gasteiger partial charge in [-0.3, -0.25) is 4.79 Å². The average Bonchev–Trinajstić information content (AvgIpc) is 2.36. The Hall–Kier alpha value is -1.61. The van der Waals surface area contributed by atoms with Crippen molar-refractivity contribution in [3.8, 4) is 0 Å². The first-order valence-electron chi connectivity index (χ1n) is 6.67. The second-order valence-corrected chi connectivity index (χ2v) is 5.26. The minimum absolute atomic E-state index is 0.0255. The van der Waals surface area contributed by atoms with E-state index in [1.807, 2.05) is 31.2 Å². The van der Waals surface area contributed by atoms with Crippen LogP contribution in [0.5, 0.6) is 0 Å². The Morgan fingerprint density at radius 3 is 2.47 bits per heavy atom. The molecule has 1 unspecified atom stereocenters. The zero-order valence-corrected chi connectivity index (χ0v) is 11.9. The molecule has 1 aromatic carbocycles. The molecule has 1 rings (SSSR count). The number of carbonyl (C=O) groups excluding carboxylic acids is 1. The van der Waals surface area contributed by atoms with E-state index in [1.54, 1.807) is 6.08 Å². The monoisotopic (exact) mass is 261 g/mol. The lowest BCUT2D eigenvalue weighted by molar-refractivity contribution is -0.117. The number of aliphatic hydroxyl groups is 1. The lowest BCUT2D eigenvalue weighted by Gasteiger charge is -2.17. The molecule has 0 fully saturated rings. The van der Waals surface area contributed by atoms with Crippen LogP contribution >= 0.6 is 0 Å². The molecule has 0 bridgehead atoms. The van der Waals surface area contributed by atoms with Gasteiger partial charge in [0, 0.05) is 6.08 Å². The fraction of sp³-hybridized carbons (Fsp3) is 0.438. The number of hydrogen-bond acceptors (Lipinski definition) is 2. The third kappa shape index (κ3) is 6.20. The standard InChI is InChI=1S/C16H23NO2/c1-12(2)10-15(11-18)17-16(19)9-8-14-6-4-13(3)5-7-14/h4-9,12,15,18H,10-11H2,1-3H3,(H,17,19)/b9-8+. The number of benzene rings is 1. The van der Waals surface area contributed by atoms with Gasteiger partial charge in [-0.05, 0) is 30.9 Å². The summed E-state index contributed by atoms with van der Waals surface area (Å²) in [6.07, 6.45) is 4.06. The predicted octanol–water partition coefficient (Wildman–Crippen LogP) is 2.53. The summed E-state index contributed by atoms with van der Waals surface area (Å²) in [6.45, 7) is 6.13. The Balaban J connectivity index is 2.52. The van der Waals surface area contributed by atoms with Gasteiger partial charge in [-0.2, -0.15) is 0 Å². The zero-order chi connectivity index (χ0) is 14.3. The first-order chi connectivity index (χ1) is 9.01. The van der Waals surface area contributed by atoms with E-state index in [-0.39, 0.29) is 18.6 Å². The number of carbonyl (C=O) groups is 1. The quantitative estimate of drug-likeness (QED) is 0.773.